The van der Waals surface area contributed by atoms with E-state index >= 15 is 0 Å². The summed E-state index contributed by atoms with van der Waals surface area (Å²) in [5.41, 5.74) is 4.56. The highest BCUT2D eigenvalue weighted by atomic mass is 16.5. The summed E-state index contributed by atoms with van der Waals surface area (Å²) in [6.45, 7) is 10.7. The summed E-state index contributed by atoms with van der Waals surface area (Å²) in [4.78, 5) is 20.1. The second kappa shape index (κ2) is 7.10. The van der Waals surface area contributed by atoms with E-state index in [4.69, 9.17) is 4.74 Å². The van der Waals surface area contributed by atoms with Crippen LogP contribution in [0.3, 0.4) is 0 Å². The van der Waals surface area contributed by atoms with E-state index in [0.717, 1.165) is 52.9 Å². The summed E-state index contributed by atoms with van der Waals surface area (Å²) in [6, 6.07) is 6.07. The van der Waals surface area contributed by atoms with Crippen LogP contribution in [-0.4, -0.2) is 54.7 Å². The van der Waals surface area contributed by atoms with Gasteiger partial charge in [0.1, 0.15) is 0 Å². The number of ether oxygens (including phenoxy) is 1. The van der Waals surface area contributed by atoms with Crippen LogP contribution in [-0.2, 0) is 4.74 Å². The number of rotatable bonds is 4. The first-order chi connectivity index (χ1) is 11.9. The van der Waals surface area contributed by atoms with Gasteiger partial charge in [0.2, 0.25) is 0 Å². The Bertz CT molecular complexity index is 803. The van der Waals surface area contributed by atoms with Crippen molar-refractivity contribution < 1.29 is 9.53 Å². The fraction of sp³-hybridized carbons (Fsp3) is 0.500. The highest BCUT2D eigenvalue weighted by molar-refractivity contribution is 6.07. The standard InChI is InChI=1S/C20H27N3O2/c1-6-23-10-17(18(11-23)25-5)22-20(24)19-13(3)14(4)21-16-8-7-12(2)9-15(16)19/h7-9,17-18H,6,10-11H2,1-5H3,(H,22,24)/t17-,18-/m1/s1. The van der Waals surface area contributed by atoms with Gasteiger partial charge in [0.15, 0.2) is 0 Å². The number of hydrogen-bond donors (Lipinski definition) is 1. The Labute approximate surface area is 149 Å². The number of aryl methyl sites for hydroxylation is 2. The summed E-state index contributed by atoms with van der Waals surface area (Å²) >= 11 is 0. The molecule has 2 heterocycles. The van der Waals surface area contributed by atoms with Crippen LogP contribution in [0, 0.1) is 20.8 Å². The molecule has 0 aliphatic carbocycles. The van der Waals surface area contributed by atoms with Gasteiger partial charge in [-0.05, 0) is 45.0 Å². The van der Waals surface area contributed by atoms with Crippen molar-refractivity contribution in [3.05, 3.63) is 40.6 Å². The number of carbonyl (C=O) groups excluding carboxylic acids is 1. The number of nitrogens with one attached hydrogen (secondary N) is 1. The monoisotopic (exact) mass is 341 g/mol. The number of methoxy groups -OCH3 is 1. The number of pyridine rings is 1. The largest absolute Gasteiger partial charge is 0.378 e. The van der Waals surface area contributed by atoms with Crippen LogP contribution in [0.4, 0.5) is 0 Å². The zero-order chi connectivity index (χ0) is 18.1. The van der Waals surface area contributed by atoms with Gasteiger partial charge in [-0.2, -0.15) is 0 Å². The molecule has 1 saturated heterocycles. The van der Waals surface area contributed by atoms with E-state index < -0.39 is 0 Å². The van der Waals surface area contributed by atoms with Gasteiger partial charge in [0.05, 0.1) is 23.2 Å². The molecule has 5 nitrogen and oxygen atoms in total. The number of fused-ring (bicyclic) bond motifs is 1. The third-order valence-electron chi connectivity index (χ3n) is 5.26. The lowest BCUT2D eigenvalue weighted by Gasteiger charge is -2.20. The molecule has 0 unspecified atom stereocenters. The molecule has 1 aliphatic rings. The molecule has 1 fully saturated rings. The van der Waals surface area contributed by atoms with Crippen molar-refractivity contribution in [2.75, 3.05) is 26.7 Å². The maximum atomic E-state index is 13.1. The van der Waals surface area contributed by atoms with Crippen LogP contribution >= 0.6 is 0 Å². The number of hydrogen-bond acceptors (Lipinski definition) is 4. The SMILES string of the molecule is CCN1C[C@@H](NC(=O)c2c(C)c(C)nc3ccc(C)cc23)[C@H](OC)C1. The highest BCUT2D eigenvalue weighted by Crippen LogP contribution is 2.24. The van der Waals surface area contributed by atoms with E-state index in [0.29, 0.717) is 0 Å². The molecule has 25 heavy (non-hydrogen) atoms. The predicted octanol–water partition coefficient (Wildman–Crippen LogP) is 2.61. The van der Waals surface area contributed by atoms with Crippen LogP contribution < -0.4 is 5.32 Å². The minimum Gasteiger partial charge on any atom is -0.378 e. The van der Waals surface area contributed by atoms with Crippen LogP contribution in [0.25, 0.3) is 10.9 Å². The van der Waals surface area contributed by atoms with E-state index in [1.54, 1.807) is 7.11 Å². The molecule has 0 spiro atoms. The molecule has 1 aromatic carbocycles. The van der Waals surface area contributed by atoms with Crippen molar-refractivity contribution in [1.82, 2.24) is 15.2 Å². The molecular formula is C20H27N3O2. The first kappa shape index (κ1) is 17.8. The van der Waals surface area contributed by atoms with Crippen LogP contribution in [0.5, 0.6) is 0 Å². The molecule has 2 aromatic rings. The van der Waals surface area contributed by atoms with E-state index in [-0.39, 0.29) is 18.1 Å². The van der Waals surface area contributed by atoms with Crippen molar-refractivity contribution in [2.24, 2.45) is 0 Å². The Balaban J connectivity index is 1.97. The van der Waals surface area contributed by atoms with Gasteiger partial charge in [0.25, 0.3) is 5.91 Å². The van der Waals surface area contributed by atoms with Crippen molar-refractivity contribution in [3.8, 4) is 0 Å². The average Bonchev–Trinajstić information content (AvgIpc) is 2.98. The summed E-state index contributed by atoms with van der Waals surface area (Å²) in [5, 5.41) is 4.12. The van der Waals surface area contributed by atoms with E-state index in [2.05, 4.69) is 22.1 Å². The van der Waals surface area contributed by atoms with Gasteiger partial charge in [0, 0.05) is 31.3 Å². The Morgan fingerprint density at radius 1 is 1.32 bits per heavy atom. The lowest BCUT2D eigenvalue weighted by molar-refractivity contribution is 0.0763. The van der Waals surface area contributed by atoms with Gasteiger partial charge >= 0.3 is 0 Å². The van der Waals surface area contributed by atoms with Gasteiger partial charge in [-0.1, -0.05) is 18.6 Å². The fourth-order valence-corrected chi connectivity index (χ4v) is 3.62. The molecule has 0 bridgehead atoms. The average molecular weight is 341 g/mol. The number of nitrogens with zero attached hydrogens (tertiary/aromatic N) is 2. The number of amides is 1. The number of likely N-dealkylation sites (tertiary alicyclic amines) is 1. The molecule has 1 N–H and O–H groups in total. The van der Waals surface area contributed by atoms with E-state index in [1.165, 1.54) is 0 Å². The molecule has 1 aromatic heterocycles. The Hall–Kier alpha value is -1.98. The van der Waals surface area contributed by atoms with Gasteiger partial charge in [-0.3, -0.25) is 14.7 Å². The van der Waals surface area contributed by atoms with Crippen molar-refractivity contribution in [1.29, 1.82) is 0 Å². The smallest absolute Gasteiger partial charge is 0.252 e. The summed E-state index contributed by atoms with van der Waals surface area (Å²) in [5.74, 6) is -0.0383. The third kappa shape index (κ3) is 3.39. The van der Waals surface area contributed by atoms with Crippen molar-refractivity contribution >= 4 is 16.8 Å². The quantitative estimate of drug-likeness (QED) is 0.929. The number of carbonyl (C=O) groups is 1. The second-order valence-corrected chi connectivity index (χ2v) is 6.92. The minimum absolute atomic E-state index is 0.00480. The second-order valence-electron chi connectivity index (χ2n) is 6.92. The number of aromatic nitrogens is 1. The zero-order valence-corrected chi connectivity index (χ0v) is 15.7. The summed E-state index contributed by atoms with van der Waals surface area (Å²) in [7, 11) is 1.71. The molecule has 2 atom stereocenters. The lowest BCUT2D eigenvalue weighted by atomic mass is 9.99. The van der Waals surface area contributed by atoms with Crippen LogP contribution in [0.2, 0.25) is 0 Å². The number of likely N-dealkylation sites (N-methyl/N-ethyl adjacent to an activating group) is 1. The molecule has 0 radical (unpaired) electrons. The van der Waals surface area contributed by atoms with Gasteiger partial charge in [-0.15, -0.1) is 0 Å². The van der Waals surface area contributed by atoms with E-state index in [9.17, 15) is 4.79 Å². The highest BCUT2D eigenvalue weighted by Gasteiger charge is 2.33. The molecule has 5 heteroatoms. The fourth-order valence-electron chi connectivity index (χ4n) is 3.62. The maximum Gasteiger partial charge on any atom is 0.252 e. The van der Waals surface area contributed by atoms with Crippen molar-refractivity contribution in [2.45, 2.75) is 39.8 Å². The Kier molecular flexibility index (Phi) is 5.06. The molecule has 134 valence electrons. The zero-order valence-electron chi connectivity index (χ0n) is 15.7. The van der Waals surface area contributed by atoms with Gasteiger partial charge < -0.3 is 10.1 Å². The minimum atomic E-state index is -0.0383. The third-order valence-corrected chi connectivity index (χ3v) is 5.26. The van der Waals surface area contributed by atoms with Crippen molar-refractivity contribution in [3.63, 3.8) is 0 Å². The molecule has 1 amide bonds. The molecule has 3 rings (SSSR count). The van der Waals surface area contributed by atoms with Gasteiger partial charge in [-0.25, -0.2) is 0 Å². The maximum absolute atomic E-state index is 13.1. The first-order valence-corrected chi connectivity index (χ1v) is 8.88. The normalized spacial score (nSPS) is 21.0. The van der Waals surface area contributed by atoms with Crippen LogP contribution in [0.1, 0.15) is 34.1 Å². The Morgan fingerprint density at radius 3 is 2.76 bits per heavy atom. The molecular weight excluding hydrogens is 314 g/mol. The van der Waals surface area contributed by atoms with E-state index in [1.807, 2.05) is 39.0 Å². The number of benzene rings is 1. The predicted molar refractivity (Wildman–Crippen MR) is 100 cm³/mol. The summed E-state index contributed by atoms with van der Waals surface area (Å²) in [6.07, 6.45) is 0.0279. The first-order valence-electron chi connectivity index (χ1n) is 8.88. The van der Waals surface area contributed by atoms with Crippen LogP contribution in [0.15, 0.2) is 18.2 Å². The lowest BCUT2D eigenvalue weighted by Crippen LogP contribution is -2.44. The molecule has 1 aliphatic heterocycles. The molecule has 0 saturated carbocycles. The topological polar surface area (TPSA) is 54.5 Å². The Morgan fingerprint density at radius 2 is 2.08 bits per heavy atom. The summed E-state index contributed by atoms with van der Waals surface area (Å²) < 4.78 is 5.58.